The van der Waals surface area contributed by atoms with Crippen LogP contribution in [0.25, 0.3) is 16.7 Å². The predicted molar refractivity (Wildman–Crippen MR) is 78.3 cm³/mol. The Morgan fingerprint density at radius 1 is 1.25 bits per heavy atom. The van der Waals surface area contributed by atoms with Gasteiger partial charge in [0.2, 0.25) is 0 Å². The normalized spacial score (nSPS) is 10.9. The Morgan fingerprint density at radius 2 is 2.05 bits per heavy atom. The zero-order valence-corrected chi connectivity index (χ0v) is 12.1. The van der Waals surface area contributed by atoms with E-state index in [0.29, 0.717) is 5.52 Å². The van der Waals surface area contributed by atoms with Crippen LogP contribution in [-0.2, 0) is 0 Å². The lowest BCUT2D eigenvalue weighted by atomic mass is 10.2. The maximum atomic E-state index is 11.0. The van der Waals surface area contributed by atoms with Crippen LogP contribution in [0.5, 0.6) is 0 Å². The minimum absolute atomic E-state index is 0.206. The van der Waals surface area contributed by atoms with Gasteiger partial charge < -0.3 is 5.11 Å². The van der Waals surface area contributed by atoms with E-state index in [-0.39, 0.29) is 5.56 Å². The highest BCUT2D eigenvalue weighted by molar-refractivity contribution is 9.10. The molecule has 0 fully saturated rings. The number of fused-ring (bicyclic) bond motifs is 1. The summed E-state index contributed by atoms with van der Waals surface area (Å²) in [5.41, 5.74) is 3.51. The number of aromatic nitrogens is 3. The highest BCUT2D eigenvalue weighted by Gasteiger charge is 2.11. The molecule has 2 aromatic carbocycles. The van der Waals surface area contributed by atoms with Gasteiger partial charge in [0.1, 0.15) is 5.52 Å². The third-order valence-electron chi connectivity index (χ3n) is 3.08. The molecule has 0 spiro atoms. The monoisotopic (exact) mass is 331 g/mol. The zero-order chi connectivity index (χ0) is 14.3. The van der Waals surface area contributed by atoms with Crippen molar-refractivity contribution in [3.8, 4) is 5.69 Å². The lowest BCUT2D eigenvalue weighted by Gasteiger charge is -2.06. The van der Waals surface area contributed by atoms with E-state index >= 15 is 0 Å². The number of hydrogen-bond acceptors (Lipinski definition) is 3. The summed E-state index contributed by atoms with van der Waals surface area (Å²) in [6.45, 7) is 1.99. The van der Waals surface area contributed by atoms with Gasteiger partial charge in [-0.1, -0.05) is 21.1 Å². The quantitative estimate of drug-likeness (QED) is 0.783. The van der Waals surface area contributed by atoms with Crippen molar-refractivity contribution in [2.75, 3.05) is 0 Å². The van der Waals surface area contributed by atoms with Gasteiger partial charge in [-0.3, -0.25) is 0 Å². The fraction of sp³-hybridized carbons (Fsp3) is 0.0714. The summed E-state index contributed by atoms with van der Waals surface area (Å²) >= 11 is 3.42. The first-order valence-electron chi connectivity index (χ1n) is 5.91. The minimum atomic E-state index is -0.971. The third-order valence-corrected chi connectivity index (χ3v) is 3.57. The number of aromatic carboxylic acids is 1. The number of carboxylic acid groups (broad SMARTS) is 1. The number of rotatable bonds is 2. The van der Waals surface area contributed by atoms with Crippen molar-refractivity contribution in [2.45, 2.75) is 6.92 Å². The Hall–Kier alpha value is -2.21. The molecule has 0 atom stereocenters. The number of hydrogen-bond donors (Lipinski definition) is 1. The van der Waals surface area contributed by atoms with Crippen molar-refractivity contribution in [2.24, 2.45) is 0 Å². The van der Waals surface area contributed by atoms with Crippen molar-refractivity contribution in [3.63, 3.8) is 0 Å². The van der Waals surface area contributed by atoms with Crippen molar-refractivity contribution >= 4 is 32.9 Å². The fourth-order valence-corrected chi connectivity index (χ4v) is 2.57. The van der Waals surface area contributed by atoms with Crippen LogP contribution < -0.4 is 0 Å². The number of nitrogens with zero attached hydrogens (tertiary/aromatic N) is 3. The predicted octanol–water partition coefficient (Wildman–Crippen LogP) is 3.19. The van der Waals surface area contributed by atoms with Gasteiger partial charge in [0.15, 0.2) is 0 Å². The van der Waals surface area contributed by atoms with Gasteiger partial charge in [-0.05, 0) is 48.9 Å². The first-order valence-corrected chi connectivity index (χ1v) is 6.71. The van der Waals surface area contributed by atoms with Crippen LogP contribution >= 0.6 is 15.9 Å². The summed E-state index contributed by atoms with van der Waals surface area (Å²) in [5, 5.41) is 17.1. The van der Waals surface area contributed by atoms with Gasteiger partial charge in [0.25, 0.3) is 0 Å². The SMILES string of the molecule is Cc1cc(Br)ccc1-n1nnc2cc(C(=O)O)ccc21. The van der Waals surface area contributed by atoms with Gasteiger partial charge >= 0.3 is 5.97 Å². The molecular weight excluding hydrogens is 322 g/mol. The molecule has 0 saturated heterocycles. The number of carboxylic acids is 1. The summed E-state index contributed by atoms with van der Waals surface area (Å²) in [6.07, 6.45) is 0. The van der Waals surface area contributed by atoms with Crippen LogP contribution in [0.15, 0.2) is 40.9 Å². The van der Waals surface area contributed by atoms with Crippen LogP contribution in [0.2, 0.25) is 0 Å². The summed E-state index contributed by atoms with van der Waals surface area (Å²) < 4.78 is 2.71. The topological polar surface area (TPSA) is 68.0 Å². The molecule has 20 heavy (non-hydrogen) atoms. The molecule has 3 aromatic rings. The molecule has 0 aliphatic rings. The Balaban J connectivity index is 2.20. The van der Waals surface area contributed by atoms with E-state index in [9.17, 15) is 4.79 Å². The maximum absolute atomic E-state index is 11.0. The molecule has 6 heteroatoms. The molecule has 0 bridgehead atoms. The Labute approximate surface area is 123 Å². The maximum Gasteiger partial charge on any atom is 0.335 e. The molecule has 1 aromatic heterocycles. The van der Waals surface area contributed by atoms with E-state index in [1.54, 1.807) is 16.8 Å². The van der Waals surface area contributed by atoms with Gasteiger partial charge in [-0.15, -0.1) is 5.10 Å². The lowest BCUT2D eigenvalue weighted by molar-refractivity contribution is 0.0697. The highest BCUT2D eigenvalue weighted by atomic mass is 79.9. The van der Waals surface area contributed by atoms with Crippen LogP contribution in [0, 0.1) is 6.92 Å². The summed E-state index contributed by atoms with van der Waals surface area (Å²) in [5.74, 6) is -0.971. The molecule has 0 aliphatic heterocycles. The second kappa shape index (κ2) is 4.72. The third kappa shape index (κ3) is 2.08. The van der Waals surface area contributed by atoms with Gasteiger partial charge in [0.05, 0.1) is 16.8 Å². The fourth-order valence-electron chi connectivity index (χ4n) is 2.09. The standard InChI is InChI=1S/C14H10BrN3O2/c1-8-6-10(15)3-5-12(8)18-13-4-2-9(14(19)20)7-11(13)16-17-18/h2-7H,1H3,(H,19,20). The molecule has 1 heterocycles. The van der Waals surface area contributed by atoms with E-state index in [2.05, 4.69) is 26.2 Å². The molecule has 0 aliphatic carbocycles. The molecule has 5 nitrogen and oxygen atoms in total. The molecule has 0 saturated carbocycles. The minimum Gasteiger partial charge on any atom is -0.478 e. The molecular formula is C14H10BrN3O2. The highest BCUT2D eigenvalue weighted by Crippen LogP contribution is 2.22. The van der Waals surface area contributed by atoms with Crippen LogP contribution in [-0.4, -0.2) is 26.1 Å². The van der Waals surface area contributed by atoms with E-state index in [1.807, 2.05) is 25.1 Å². The first kappa shape index (κ1) is 12.8. The Kier molecular flexibility index (Phi) is 3.02. The van der Waals surface area contributed by atoms with E-state index < -0.39 is 5.97 Å². The molecule has 0 amide bonds. The van der Waals surface area contributed by atoms with Crippen molar-refractivity contribution in [3.05, 3.63) is 52.0 Å². The smallest absolute Gasteiger partial charge is 0.335 e. The number of halogens is 1. The van der Waals surface area contributed by atoms with Gasteiger partial charge in [0, 0.05) is 4.47 Å². The van der Waals surface area contributed by atoms with Crippen molar-refractivity contribution in [1.82, 2.24) is 15.0 Å². The molecule has 3 rings (SSSR count). The van der Waals surface area contributed by atoms with E-state index in [1.165, 1.54) is 6.07 Å². The van der Waals surface area contributed by atoms with Crippen LogP contribution in [0.3, 0.4) is 0 Å². The summed E-state index contributed by atoms with van der Waals surface area (Å²) in [6, 6.07) is 10.7. The zero-order valence-electron chi connectivity index (χ0n) is 10.5. The second-order valence-electron chi connectivity index (χ2n) is 4.44. The van der Waals surface area contributed by atoms with E-state index in [0.717, 1.165) is 21.2 Å². The van der Waals surface area contributed by atoms with Gasteiger partial charge in [-0.2, -0.15) is 0 Å². The lowest BCUT2D eigenvalue weighted by Crippen LogP contribution is -2.00. The van der Waals surface area contributed by atoms with E-state index in [4.69, 9.17) is 5.11 Å². The average molecular weight is 332 g/mol. The molecule has 0 unspecified atom stereocenters. The number of benzene rings is 2. The van der Waals surface area contributed by atoms with Crippen molar-refractivity contribution < 1.29 is 9.90 Å². The largest absolute Gasteiger partial charge is 0.478 e. The second-order valence-corrected chi connectivity index (χ2v) is 5.36. The Morgan fingerprint density at radius 3 is 2.75 bits per heavy atom. The Bertz CT molecular complexity index is 826. The molecule has 1 N–H and O–H groups in total. The number of aryl methyl sites for hydroxylation is 1. The molecule has 0 radical (unpaired) electrons. The molecule has 100 valence electrons. The van der Waals surface area contributed by atoms with Gasteiger partial charge in [-0.25, -0.2) is 9.48 Å². The number of carbonyl (C=O) groups is 1. The van der Waals surface area contributed by atoms with Crippen molar-refractivity contribution in [1.29, 1.82) is 0 Å². The summed E-state index contributed by atoms with van der Waals surface area (Å²) in [7, 11) is 0. The summed E-state index contributed by atoms with van der Waals surface area (Å²) in [4.78, 5) is 11.0. The average Bonchev–Trinajstić information content (AvgIpc) is 2.81. The van der Waals surface area contributed by atoms with Crippen LogP contribution in [0.4, 0.5) is 0 Å². The van der Waals surface area contributed by atoms with Crippen LogP contribution in [0.1, 0.15) is 15.9 Å². The first-order chi connectivity index (χ1) is 9.56.